The lowest BCUT2D eigenvalue weighted by atomic mass is 9.92. The number of nitrogens with zero attached hydrogens (tertiary/aromatic N) is 1. The van der Waals surface area contributed by atoms with Gasteiger partial charge >= 0.3 is 12.1 Å². The molecule has 1 atom stereocenters. The van der Waals surface area contributed by atoms with Gasteiger partial charge in [-0.15, -0.1) is 0 Å². The van der Waals surface area contributed by atoms with Crippen LogP contribution in [0.3, 0.4) is 0 Å². The van der Waals surface area contributed by atoms with Crippen LogP contribution < -0.4 is 16.0 Å². The van der Waals surface area contributed by atoms with Gasteiger partial charge in [0.15, 0.2) is 0 Å². The summed E-state index contributed by atoms with van der Waals surface area (Å²) in [6, 6.07) is 7.44. The summed E-state index contributed by atoms with van der Waals surface area (Å²) < 4.78 is 0. The second kappa shape index (κ2) is 7.12. The standard InChI is InChI=1S/C16H20N4O4/c1-3-9-17-14(23)18-12(21)10-20-13(22)16(2,19-15(20)24)11-7-5-4-6-8-11/h4-8H,3,9-10H2,1-2H3,(H,19,24)(H2,17,18,21,23)/t16-/m1/s1. The number of carbonyl (C=O) groups is 4. The molecule has 1 saturated heterocycles. The zero-order chi connectivity index (χ0) is 17.7. The number of nitrogens with one attached hydrogen (secondary N) is 3. The van der Waals surface area contributed by atoms with Crippen molar-refractivity contribution in [3.05, 3.63) is 35.9 Å². The topological polar surface area (TPSA) is 108 Å². The van der Waals surface area contributed by atoms with Crippen LogP contribution in [0.4, 0.5) is 9.59 Å². The number of hydrogen-bond donors (Lipinski definition) is 3. The van der Waals surface area contributed by atoms with Crippen LogP contribution >= 0.6 is 0 Å². The summed E-state index contributed by atoms with van der Waals surface area (Å²) in [5, 5.41) is 7.16. The van der Waals surface area contributed by atoms with E-state index in [4.69, 9.17) is 0 Å². The van der Waals surface area contributed by atoms with Crippen LogP contribution in [0.1, 0.15) is 25.8 Å². The van der Waals surface area contributed by atoms with Gasteiger partial charge in [-0.05, 0) is 18.9 Å². The number of imide groups is 2. The highest BCUT2D eigenvalue weighted by Crippen LogP contribution is 2.28. The molecule has 0 spiro atoms. The van der Waals surface area contributed by atoms with Gasteiger partial charge in [0.1, 0.15) is 12.1 Å². The molecule has 128 valence electrons. The molecule has 1 heterocycles. The first-order chi connectivity index (χ1) is 11.4. The van der Waals surface area contributed by atoms with E-state index in [-0.39, 0.29) is 0 Å². The molecule has 8 heteroatoms. The number of urea groups is 2. The Hall–Kier alpha value is -2.90. The van der Waals surface area contributed by atoms with E-state index in [0.29, 0.717) is 12.1 Å². The second-order valence-electron chi connectivity index (χ2n) is 5.62. The largest absolute Gasteiger partial charge is 0.338 e. The van der Waals surface area contributed by atoms with Gasteiger partial charge < -0.3 is 10.6 Å². The molecule has 3 N–H and O–H groups in total. The van der Waals surface area contributed by atoms with Crippen LogP contribution in [0.5, 0.6) is 0 Å². The Labute approximate surface area is 139 Å². The Balaban J connectivity index is 2.04. The zero-order valence-electron chi connectivity index (χ0n) is 13.6. The van der Waals surface area contributed by atoms with Gasteiger partial charge in [0.2, 0.25) is 5.91 Å². The highest BCUT2D eigenvalue weighted by Gasteiger charge is 2.49. The van der Waals surface area contributed by atoms with E-state index in [2.05, 4.69) is 16.0 Å². The number of amides is 6. The minimum Gasteiger partial charge on any atom is -0.338 e. The summed E-state index contributed by atoms with van der Waals surface area (Å²) in [6.07, 6.45) is 0.726. The quantitative estimate of drug-likeness (QED) is 0.689. The normalized spacial score (nSPS) is 19.8. The molecule has 1 aromatic carbocycles. The summed E-state index contributed by atoms with van der Waals surface area (Å²) in [7, 11) is 0. The van der Waals surface area contributed by atoms with Crippen LogP contribution in [-0.2, 0) is 15.1 Å². The third kappa shape index (κ3) is 3.53. The Kier molecular flexibility index (Phi) is 5.18. The zero-order valence-corrected chi connectivity index (χ0v) is 13.6. The lowest BCUT2D eigenvalue weighted by molar-refractivity contribution is -0.134. The minimum atomic E-state index is -1.23. The third-order valence-corrected chi connectivity index (χ3v) is 3.72. The first-order valence-corrected chi connectivity index (χ1v) is 7.65. The molecule has 0 saturated carbocycles. The van der Waals surface area contributed by atoms with Crippen LogP contribution in [0.15, 0.2) is 30.3 Å². The molecule has 0 aliphatic carbocycles. The fourth-order valence-corrected chi connectivity index (χ4v) is 2.40. The van der Waals surface area contributed by atoms with E-state index >= 15 is 0 Å². The molecule has 1 aromatic rings. The lowest BCUT2D eigenvalue weighted by Crippen LogP contribution is -2.47. The van der Waals surface area contributed by atoms with Crippen molar-refractivity contribution in [2.75, 3.05) is 13.1 Å². The molecule has 6 amide bonds. The van der Waals surface area contributed by atoms with E-state index in [9.17, 15) is 19.2 Å². The maximum absolute atomic E-state index is 12.6. The monoisotopic (exact) mass is 332 g/mol. The van der Waals surface area contributed by atoms with Crippen LogP contribution in [-0.4, -0.2) is 41.9 Å². The molecule has 2 rings (SSSR count). The van der Waals surface area contributed by atoms with Gasteiger partial charge in [0.05, 0.1) is 0 Å². The molecule has 24 heavy (non-hydrogen) atoms. The molecule has 1 aliphatic rings. The molecular weight excluding hydrogens is 312 g/mol. The van der Waals surface area contributed by atoms with Crippen molar-refractivity contribution in [3.8, 4) is 0 Å². The van der Waals surface area contributed by atoms with Crippen molar-refractivity contribution in [1.82, 2.24) is 20.9 Å². The molecule has 0 radical (unpaired) electrons. The summed E-state index contributed by atoms with van der Waals surface area (Å²) in [6.45, 7) is 3.36. The van der Waals surface area contributed by atoms with E-state index in [1.54, 1.807) is 37.3 Å². The molecule has 1 aliphatic heterocycles. The molecule has 0 bridgehead atoms. The molecule has 8 nitrogen and oxygen atoms in total. The van der Waals surface area contributed by atoms with Crippen LogP contribution in [0, 0.1) is 0 Å². The van der Waals surface area contributed by atoms with Gasteiger partial charge in [0.25, 0.3) is 5.91 Å². The lowest BCUT2D eigenvalue weighted by Gasteiger charge is -2.22. The van der Waals surface area contributed by atoms with Crippen LogP contribution in [0.2, 0.25) is 0 Å². The van der Waals surface area contributed by atoms with Crippen LogP contribution in [0.25, 0.3) is 0 Å². The third-order valence-electron chi connectivity index (χ3n) is 3.72. The fraction of sp³-hybridized carbons (Fsp3) is 0.375. The average molecular weight is 332 g/mol. The Bertz CT molecular complexity index is 661. The second-order valence-corrected chi connectivity index (χ2v) is 5.62. The summed E-state index contributed by atoms with van der Waals surface area (Å²) in [5.74, 6) is -1.27. The number of carbonyl (C=O) groups excluding carboxylic acids is 4. The van der Waals surface area contributed by atoms with Crippen molar-refractivity contribution in [2.45, 2.75) is 25.8 Å². The maximum atomic E-state index is 12.6. The first-order valence-electron chi connectivity index (χ1n) is 7.65. The van der Waals surface area contributed by atoms with Crippen molar-refractivity contribution in [3.63, 3.8) is 0 Å². The van der Waals surface area contributed by atoms with Crippen molar-refractivity contribution >= 4 is 23.9 Å². The number of hydrogen-bond acceptors (Lipinski definition) is 4. The van der Waals surface area contributed by atoms with Gasteiger partial charge in [-0.3, -0.25) is 19.8 Å². The SMILES string of the molecule is CCCNC(=O)NC(=O)CN1C(=O)N[C@](C)(c2ccccc2)C1=O. The van der Waals surface area contributed by atoms with Crippen molar-refractivity contribution in [1.29, 1.82) is 0 Å². The molecule has 0 unspecified atom stereocenters. The molecular formula is C16H20N4O4. The van der Waals surface area contributed by atoms with E-state index in [1.165, 1.54) is 0 Å². The van der Waals surface area contributed by atoms with E-state index in [1.807, 2.05) is 6.92 Å². The highest BCUT2D eigenvalue weighted by atomic mass is 16.2. The van der Waals surface area contributed by atoms with E-state index < -0.39 is 36.0 Å². The maximum Gasteiger partial charge on any atom is 0.325 e. The Morgan fingerprint density at radius 2 is 1.88 bits per heavy atom. The van der Waals surface area contributed by atoms with Gasteiger partial charge in [-0.25, -0.2) is 9.59 Å². The number of benzene rings is 1. The Morgan fingerprint density at radius 1 is 1.21 bits per heavy atom. The van der Waals surface area contributed by atoms with E-state index in [0.717, 1.165) is 11.3 Å². The predicted molar refractivity (Wildman–Crippen MR) is 85.9 cm³/mol. The van der Waals surface area contributed by atoms with Gasteiger partial charge in [0, 0.05) is 6.54 Å². The van der Waals surface area contributed by atoms with Gasteiger partial charge in [-0.2, -0.15) is 0 Å². The summed E-state index contributed by atoms with van der Waals surface area (Å²) >= 11 is 0. The van der Waals surface area contributed by atoms with Gasteiger partial charge in [-0.1, -0.05) is 37.3 Å². The Morgan fingerprint density at radius 3 is 2.50 bits per heavy atom. The first kappa shape index (κ1) is 17.5. The summed E-state index contributed by atoms with van der Waals surface area (Å²) in [5.41, 5.74) is -0.615. The molecule has 0 aromatic heterocycles. The number of rotatable bonds is 5. The van der Waals surface area contributed by atoms with Crippen molar-refractivity contribution < 1.29 is 19.2 Å². The predicted octanol–water partition coefficient (Wildman–Crippen LogP) is 0.689. The average Bonchev–Trinajstić information content (AvgIpc) is 2.78. The smallest absolute Gasteiger partial charge is 0.325 e. The highest BCUT2D eigenvalue weighted by molar-refractivity contribution is 6.10. The van der Waals surface area contributed by atoms with Crippen molar-refractivity contribution in [2.24, 2.45) is 0 Å². The summed E-state index contributed by atoms with van der Waals surface area (Å²) in [4.78, 5) is 48.8. The molecule has 1 fully saturated rings. The minimum absolute atomic E-state index is 0.425. The fourth-order valence-electron chi connectivity index (χ4n) is 2.40.